The second-order valence-corrected chi connectivity index (χ2v) is 2.65. The van der Waals surface area contributed by atoms with Crippen LogP contribution in [-0.2, 0) is 12.6 Å². The van der Waals surface area contributed by atoms with Crippen molar-refractivity contribution in [1.82, 2.24) is 0 Å². The van der Waals surface area contributed by atoms with Crippen LogP contribution in [0, 0.1) is 0 Å². The summed E-state index contributed by atoms with van der Waals surface area (Å²) in [5, 5.41) is 0. The second kappa shape index (κ2) is 2.53. The van der Waals surface area contributed by atoms with E-state index in [4.69, 9.17) is 0 Å². The minimum atomic E-state index is 1.12. The predicted molar refractivity (Wildman–Crippen MR) is 45.4 cm³/mol. The van der Waals surface area contributed by atoms with Crippen LogP contribution in [0.4, 0.5) is 0 Å². The molecule has 0 aliphatic carbocycles. The van der Waals surface area contributed by atoms with Crippen molar-refractivity contribution in [3.8, 4) is 0 Å². The molecule has 1 aliphatic rings. The minimum Gasteiger partial charge on any atom is -0.0641 e. The Labute approximate surface area is 63.1 Å². The van der Waals surface area contributed by atoms with Gasteiger partial charge in [-0.05, 0) is 0 Å². The van der Waals surface area contributed by atoms with Crippen molar-refractivity contribution in [2.24, 2.45) is 0 Å². The van der Waals surface area contributed by atoms with Gasteiger partial charge in [-0.25, -0.2) is 0 Å². The molecule has 10 heavy (non-hydrogen) atoms. The lowest BCUT2D eigenvalue weighted by Crippen LogP contribution is -2.18. The molecule has 1 aromatic carbocycles. The van der Waals surface area contributed by atoms with Crippen LogP contribution in [0.15, 0.2) is 24.3 Å². The van der Waals surface area contributed by atoms with Crippen LogP contribution in [0.5, 0.6) is 0 Å². The lowest BCUT2D eigenvalue weighted by atomic mass is 9.33. The Morgan fingerprint density at radius 1 is 0.900 bits per heavy atom. The molecule has 1 aromatic rings. The zero-order chi connectivity index (χ0) is 6.81. The monoisotopic (exact) mass is 126 g/mol. The predicted octanol–water partition coefficient (Wildman–Crippen LogP) is 1.02. The van der Waals surface area contributed by atoms with Crippen LogP contribution in [0.25, 0.3) is 0 Å². The molecule has 0 fully saturated rings. The van der Waals surface area contributed by atoms with E-state index < -0.39 is 0 Å². The fourth-order valence-electron chi connectivity index (χ4n) is 1.38. The van der Waals surface area contributed by atoms with Gasteiger partial charge in [0.05, 0.1) is 14.3 Å². The van der Waals surface area contributed by atoms with Crippen LogP contribution < -0.4 is 0 Å². The first-order valence-corrected chi connectivity index (χ1v) is 3.68. The van der Waals surface area contributed by atoms with E-state index in [9.17, 15) is 0 Å². The van der Waals surface area contributed by atoms with Gasteiger partial charge in [0.1, 0.15) is 0 Å². The highest BCUT2D eigenvalue weighted by Crippen LogP contribution is 2.12. The number of rotatable bonds is 0. The molecule has 0 saturated carbocycles. The summed E-state index contributed by atoms with van der Waals surface area (Å²) in [5.41, 5.74) is 2.98. The molecule has 1 aliphatic heterocycles. The van der Waals surface area contributed by atoms with Crippen molar-refractivity contribution < 1.29 is 0 Å². The first-order chi connectivity index (χ1) is 4.97. The summed E-state index contributed by atoms with van der Waals surface area (Å²) in [4.78, 5) is 0. The maximum Gasteiger partial charge on any atom is 0.0716 e. The third-order valence-electron chi connectivity index (χ3n) is 1.96. The van der Waals surface area contributed by atoms with Crippen LogP contribution in [0.3, 0.4) is 0 Å². The molecule has 2 rings (SSSR count). The summed E-state index contributed by atoms with van der Waals surface area (Å²) in [5.74, 6) is 0. The van der Waals surface area contributed by atoms with Crippen molar-refractivity contribution in [3.63, 3.8) is 0 Å². The molecule has 2 radical (unpaired) electrons. The molecule has 0 bridgehead atoms. The first-order valence-electron chi connectivity index (χ1n) is 3.68. The van der Waals surface area contributed by atoms with Gasteiger partial charge in [-0.1, -0.05) is 48.0 Å². The van der Waals surface area contributed by atoms with Crippen LogP contribution in [0.2, 0.25) is 0 Å². The van der Waals surface area contributed by atoms with Gasteiger partial charge in [0, 0.05) is 0 Å². The molecule has 0 spiro atoms. The summed E-state index contributed by atoms with van der Waals surface area (Å²) in [6, 6.07) is 8.63. The molecule has 0 aromatic heterocycles. The Balaban J connectivity index is 2.41. The molecular weight excluding hydrogens is 118 g/mol. The zero-order valence-electron chi connectivity index (χ0n) is 5.88. The van der Waals surface area contributed by atoms with Gasteiger partial charge in [-0.2, -0.15) is 0 Å². The summed E-state index contributed by atoms with van der Waals surface area (Å²) in [6.45, 7) is 0. The average Bonchev–Trinajstić information content (AvgIpc) is 2.05. The van der Waals surface area contributed by atoms with Gasteiger partial charge in [0.2, 0.25) is 0 Å². The molecule has 2 heteroatoms. The van der Waals surface area contributed by atoms with Crippen LogP contribution >= 0.6 is 0 Å². The summed E-state index contributed by atoms with van der Waals surface area (Å²) in [6.07, 6.45) is 2.24. The largest absolute Gasteiger partial charge is 0.0716 e. The van der Waals surface area contributed by atoms with Crippen LogP contribution in [-0.4, -0.2) is 14.3 Å². The Morgan fingerprint density at radius 3 is 1.90 bits per heavy atom. The smallest absolute Gasteiger partial charge is 0.0641 e. The Hall–Kier alpha value is -0.650. The third-order valence-corrected chi connectivity index (χ3v) is 1.96. The standard InChI is InChI=1S/C8H8B2/c1-2-4-8-6-10-9-5-7(8)3-1/h1-4H,5-6H2. The van der Waals surface area contributed by atoms with Crippen molar-refractivity contribution in [3.05, 3.63) is 35.4 Å². The average molecular weight is 126 g/mol. The topological polar surface area (TPSA) is 0 Å². The highest BCUT2D eigenvalue weighted by molar-refractivity contribution is 7.00. The molecule has 46 valence electrons. The molecule has 0 amide bonds. The lowest BCUT2D eigenvalue weighted by Gasteiger charge is -2.12. The van der Waals surface area contributed by atoms with E-state index in [0.717, 1.165) is 12.6 Å². The fourth-order valence-corrected chi connectivity index (χ4v) is 1.38. The maximum atomic E-state index is 2.24. The molecule has 0 unspecified atom stereocenters. The highest BCUT2D eigenvalue weighted by Gasteiger charge is 2.07. The Bertz CT molecular complexity index is 207. The fraction of sp³-hybridized carbons (Fsp3) is 0.250. The van der Waals surface area contributed by atoms with Gasteiger partial charge < -0.3 is 0 Å². The van der Waals surface area contributed by atoms with Gasteiger partial charge >= 0.3 is 0 Å². The Kier molecular flexibility index (Phi) is 1.54. The van der Waals surface area contributed by atoms with Crippen LogP contribution in [0.1, 0.15) is 11.1 Å². The zero-order valence-corrected chi connectivity index (χ0v) is 5.88. The van der Waals surface area contributed by atoms with E-state index in [1.54, 1.807) is 0 Å². The summed E-state index contributed by atoms with van der Waals surface area (Å²) < 4.78 is 0. The van der Waals surface area contributed by atoms with Gasteiger partial charge in [-0.3, -0.25) is 0 Å². The van der Waals surface area contributed by atoms with Crippen molar-refractivity contribution >= 4 is 14.3 Å². The number of benzene rings is 1. The molecule has 0 saturated heterocycles. The van der Waals surface area contributed by atoms with E-state index in [-0.39, 0.29) is 0 Å². The van der Waals surface area contributed by atoms with Gasteiger partial charge in [0.25, 0.3) is 0 Å². The van der Waals surface area contributed by atoms with E-state index in [1.807, 2.05) is 0 Å². The highest BCUT2D eigenvalue weighted by atomic mass is 14.0. The molecular formula is C8H8B2. The minimum absolute atomic E-state index is 1.12. The number of hydrogen-bond acceptors (Lipinski definition) is 0. The number of fused-ring (bicyclic) bond motifs is 1. The summed E-state index contributed by atoms with van der Waals surface area (Å²) in [7, 11) is 4.48. The van der Waals surface area contributed by atoms with E-state index in [0.29, 0.717) is 0 Å². The quantitative estimate of drug-likeness (QED) is 0.455. The SMILES string of the molecule is [B]1[B]Cc2ccccc2C1. The van der Waals surface area contributed by atoms with E-state index in [2.05, 4.69) is 38.6 Å². The molecule has 0 nitrogen and oxygen atoms in total. The summed E-state index contributed by atoms with van der Waals surface area (Å²) >= 11 is 0. The van der Waals surface area contributed by atoms with E-state index >= 15 is 0 Å². The van der Waals surface area contributed by atoms with Crippen molar-refractivity contribution in [2.75, 3.05) is 0 Å². The Morgan fingerprint density at radius 2 is 1.40 bits per heavy atom. The van der Waals surface area contributed by atoms with Gasteiger partial charge in [0.15, 0.2) is 0 Å². The van der Waals surface area contributed by atoms with E-state index in [1.165, 1.54) is 11.1 Å². The molecule has 0 N–H and O–H groups in total. The first kappa shape index (κ1) is 6.09. The third kappa shape index (κ3) is 0.985. The van der Waals surface area contributed by atoms with Crippen molar-refractivity contribution in [1.29, 1.82) is 0 Å². The molecule has 0 atom stereocenters. The lowest BCUT2D eigenvalue weighted by molar-refractivity contribution is 1.24. The van der Waals surface area contributed by atoms with Crippen molar-refractivity contribution in [2.45, 2.75) is 12.6 Å². The molecule has 1 heterocycles. The normalized spacial score (nSPS) is 14.8. The second-order valence-electron chi connectivity index (χ2n) is 2.65. The van der Waals surface area contributed by atoms with Gasteiger partial charge in [-0.15, -0.1) is 0 Å². The maximum absolute atomic E-state index is 2.24. The number of hydrogen-bond donors (Lipinski definition) is 0.